The molecule has 1 amide bonds. The highest BCUT2D eigenvalue weighted by atomic mass is 35.5. The third-order valence-corrected chi connectivity index (χ3v) is 3.91. The number of nitrogens with zero attached hydrogens (tertiary/aromatic N) is 3. The fourth-order valence-electron chi connectivity index (χ4n) is 2.34. The summed E-state index contributed by atoms with van der Waals surface area (Å²) in [4.78, 5) is 22.9. The molecule has 3 rings (SSSR count). The molecule has 6 nitrogen and oxygen atoms in total. The second kappa shape index (κ2) is 7.55. The molecule has 0 spiro atoms. The first kappa shape index (κ1) is 16.6. The molecule has 8 heteroatoms. The van der Waals surface area contributed by atoms with Crippen LogP contribution in [-0.2, 0) is 11.3 Å². The maximum absolute atomic E-state index is 13.0. The molecule has 1 aromatic carbocycles. The maximum Gasteiger partial charge on any atom is 0.253 e. The number of halogens is 2. The number of ether oxygens (including phenoxy) is 1. The second-order valence-electron chi connectivity index (χ2n) is 5.25. The van der Waals surface area contributed by atoms with Crippen LogP contribution in [0.5, 0.6) is 0 Å². The summed E-state index contributed by atoms with van der Waals surface area (Å²) in [5.41, 5.74) is 0.901. The number of carbonyl (C=O) groups excluding carboxylic acids is 1. The van der Waals surface area contributed by atoms with Crippen LogP contribution < -0.4 is 10.2 Å². The van der Waals surface area contributed by atoms with Crippen molar-refractivity contribution >= 4 is 23.5 Å². The summed E-state index contributed by atoms with van der Waals surface area (Å²) < 4.78 is 18.3. The molecule has 126 valence electrons. The van der Waals surface area contributed by atoms with Crippen molar-refractivity contribution < 1.29 is 13.9 Å². The maximum atomic E-state index is 13.0. The fraction of sp³-hybridized carbons (Fsp3) is 0.312. The summed E-state index contributed by atoms with van der Waals surface area (Å²) in [6.45, 7) is 3.00. The molecular formula is C16H16ClFN4O2. The molecule has 2 heterocycles. The lowest BCUT2D eigenvalue weighted by molar-refractivity contribution is 0.0950. The van der Waals surface area contributed by atoms with Crippen LogP contribution in [0.1, 0.15) is 16.1 Å². The normalized spacial score (nSPS) is 14.5. The number of amides is 1. The number of hydrogen-bond donors (Lipinski definition) is 1. The van der Waals surface area contributed by atoms with Gasteiger partial charge in [-0.25, -0.2) is 14.4 Å². The van der Waals surface area contributed by atoms with Crippen LogP contribution in [0, 0.1) is 5.82 Å². The minimum Gasteiger partial charge on any atom is -0.378 e. The quantitative estimate of drug-likeness (QED) is 0.914. The zero-order valence-electron chi connectivity index (χ0n) is 12.8. The first-order chi connectivity index (χ1) is 11.6. The molecule has 0 unspecified atom stereocenters. The Labute approximate surface area is 143 Å². The molecule has 1 aromatic heterocycles. The first-order valence-electron chi connectivity index (χ1n) is 7.51. The Balaban J connectivity index is 1.64. The number of rotatable bonds is 4. The van der Waals surface area contributed by atoms with E-state index in [1.165, 1.54) is 12.1 Å². The number of benzene rings is 1. The van der Waals surface area contributed by atoms with Gasteiger partial charge >= 0.3 is 0 Å². The van der Waals surface area contributed by atoms with E-state index in [-0.39, 0.29) is 23.0 Å². The summed E-state index contributed by atoms with van der Waals surface area (Å²) in [7, 11) is 0. The number of anilines is 1. The lowest BCUT2D eigenvalue weighted by Crippen LogP contribution is -2.37. The predicted molar refractivity (Wildman–Crippen MR) is 87.6 cm³/mol. The van der Waals surface area contributed by atoms with Crippen LogP contribution in [0.25, 0.3) is 0 Å². The van der Waals surface area contributed by atoms with Gasteiger partial charge in [0.1, 0.15) is 5.82 Å². The van der Waals surface area contributed by atoms with Gasteiger partial charge in [0, 0.05) is 19.3 Å². The van der Waals surface area contributed by atoms with Crippen molar-refractivity contribution in [3.05, 3.63) is 52.6 Å². The summed E-state index contributed by atoms with van der Waals surface area (Å²) in [6, 6.07) is 5.39. The molecule has 0 atom stereocenters. The second-order valence-corrected chi connectivity index (χ2v) is 5.66. The third kappa shape index (κ3) is 3.98. The van der Waals surface area contributed by atoms with Crippen molar-refractivity contribution in [3.8, 4) is 0 Å². The SMILES string of the molecule is O=C(NCc1ccnc(N2CCOCC2)n1)c1ccc(F)cc1Cl. The molecule has 1 saturated heterocycles. The van der Waals surface area contributed by atoms with Gasteiger partial charge < -0.3 is 15.0 Å². The Morgan fingerprint density at radius 3 is 2.88 bits per heavy atom. The van der Waals surface area contributed by atoms with Crippen molar-refractivity contribution in [2.75, 3.05) is 31.2 Å². The molecule has 24 heavy (non-hydrogen) atoms. The van der Waals surface area contributed by atoms with Gasteiger partial charge in [0.15, 0.2) is 0 Å². The Morgan fingerprint density at radius 2 is 2.12 bits per heavy atom. The molecule has 0 aliphatic carbocycles. The van der Waals surface area contributed by atoms with Crippen molar-refractivity contribution in [1.29, 1.82) is 0 Å². The standard InChI is InChI=1S/C16H16ClFN4O2/c17-14-9-11(18)1-2-13(14)15(23)20-10-12-3-4-19-16(21-12)22-5-7-24-8-6-22/h1-4,9H,5-8,10H2,(H,20,23). The number of nitrogens with one attached hydrogen (secondary N) is 1. The Hall–Kier alpha value is -2.25. The average Bonchev–Trinajstić information content (AvgIpc) is 2.61. The topological polar surface area (TPSA) is 67.4 Å². The van der Waals surface area contributed by atoms with Gasteiger partial charge in [0.05, 0.1) is 36.0 Å². The van der Waals surface area contributed by atoms with Crippen molar-refractivity contribution in [2.45, 2.75) is 6.54 Å². The molecule has 0 saturated carbocycles. The molecule has 2 aromatic rings. The van der Waals surface area contributed by atoms with Crippen LogP contribution in [0.4, 0.5) is 10.3 Å². The molecule has 0 radical (unpaired) electrons. The van der Waals surface area contributed by atoms with Gasteiger partial charge in [-0.05, 0) is 24.3 Å². The van der Waals surface area contributed by atoms with Crippen LogP contribution >= 0.6 is 11.6 Å². The van der Waals surface area contributed by atoms with E-state index in [9.17, 15) is 9.18 Å². The number of morpholine rings is 1. The van der Waals surface area contributed by atoms with Crippen LogP contribution in [0.15, 0.2) is 30.5 Å². The first-order valence-corrected chi connectivity index (χ1v) is 7.89. The number of carbonyl (C=O) groups is 1. The van der Waals surface area contributed by atoms with E-state index in [1.54, 1.807) is 12.3 Å². The Bertz CT molecular complexity index is 738. The van der Waals surface area contributed by atoms with Crippen LogP contribution in [0.3, 0.4) is 0 Å². The minimum absolute atomic E-state index is 0.0733. The summed E-state index contributed by atoms with van der Waals surface area (Å²) in [6.07, 6.45) is 1.66. The van der Waals surface area contributed by atoms with Crippen LogP contribution in [-0.4, -0.2) is 42.2 Å². The highest BCUT2D eigenvalue weighted by molar-refractivity contribution is 6.33. The average molecular weight is 351 g/mol. The monoisotopic (exact) mass is 350 g/mol. The number of aromatic nitrogens is 2. The predicted octanol–water partition coefficient (Wildman–Crippen LogP) is 2.04. The van der Waals surface area contributed by atoms with Gasteiger partial charge in [-0.15, -0.1) is 0 Å². The van der Waals surface area contributed by atoms with Gasteiger partial charge in [-0.3, -0.25) is 4.79 Å². The lowest BCUT2D eigenvalue weighted by atomic mass is 10.2. The molecule has 1 fully saturated rings. The molecule has 0 bridgehead atoms. The Morgan fingerprint density at radius 1 is 1.33 bits per heavy atom. The van der Waals surface area contributed by atoms with E-state index in [2.05, 4.69) is 15.3 Å². The van der Waals surface area contributed by atoms with E-state index in [1.807, 2.05) is 4.90 Å². The van der Waals surface area contributed by atoms with E-state index in [0.717, 1.165) is 19.2 Å². The highest BCUT2D eigenvalue weighted by Gasteiger charge is 2.15. The van der Waals surface area contributed by atoms with Gasteiger partial charge in [0.2, 0.25) is 5.95 Å². The van der Waals surface area contributed by atoms with Gasteiger partial charge in [0.25, 0.3) is 5.91 Å². The lowest BCUT2D eigenvalue weighted by Gasteiger charge is -2.26. The molecule has 1 aliphatic rings. The van der Waals surface area contributed by atoms with Gasteiger partial charge in [-0.1, -0.05) is 11.6 Å². The van der Waals surface area contributed by atoms with E-state index < -0.39 is 5.82 Å². The van der Waals surface area contributed by atoms with E-state index >= 15 is 0 Å². The fourth-order valence-corrected chi connectivity index (χ4v) is 2.59. The van der Waals surface area contributed by atoms with Crippen molar-refractivity contribution in [3.63, 3.8) is 0 Å². The van der Waals surface area contributed by atoms with Crippen LogP contribution in [0.2, 0.25) is 5.02 Å². The van der Waals surface area contributed by atoms with E-state index in [4.69, 9.17) is 16.3 Å². The minimum atomic E-state index is -0.484. The Kier molecular flexibility index (Phi) is 5.22. The number of hydrogen-bond acceptors (Lipinski definition) is 5. The summed E-state index contributed by atoms with van der Waals surface area (Å²) >= 11 is 5.89. The molecule has 1 N–H and O–H groups in total. The summed E-state index contributed by atoms with van der Waals surface area (Å²) in [5, 5.41) is 2.80. The highest BCUT2D eigenvalue weighted by Crippen LogP contribution is 2.17. The summed E-state index contributed by atoms with van der Waals surface area (Å²) in [5.74, 6) is -0.251. The smallest absolute Gasteiger partial charge is 0.253 e. The third-order valence-electron chi connectivity index (χ3n) is 3.60. The molecule has 1 aliphatic heterocycles. The zero-order valence-corrected chi connectivity index (χ0v) is 13.6. The zero-order chi connectivity index (χ0) is 16.9. The largest absolute Gasteiger partial charge is 0.378 e. The molecular weight excluding hydrogens is 335 g/mol. The van der Waals surface area contributed by atoms with E-state index in [0.29, 0.717) is 24.9 Å². The van der Waals surface area contributed by atoms with Crippen molar-refractivity contribution in [1.82, 2.24) is 15.3 Å². The van der Waals surface area contributed by atoms with Crippen molar-refractivity contribution in [2.24, 2.45) is 0 Å². The van der Waals surface area contributed by atoms with Gasteiger partial charge in [-0.2, -0.15) is 0 Å².